The summed E-state index contributed by atoms with van der Waals surface area (Å²) in [6, 6.07) is 0. The van der Waals surface area contributed by atoms with Gasteiger partial charge in [-0.1, -0.05) is 66.2 Å². The zero-order valence-electron chi connectivity index (χ0n) is 15.1. The van der Waals surface area contributed by atoms with Gasteiger partial charge in [-0.15, -0.1) is 0 Å². The second-order valence-corrected chi connectivity index (χ2v) is 6.01. The van der Waals surface area contributed by atoms with Crippen molar-refractivity contribution in [2.45, 2.75) is 86.0 Å². The standard InChI is InChI=1S/C16H35N.C2H4O2/c1-5-9-11-15(7-3)13-17-14-16(8-4)12-10-6-2;1-2(3)4/h15-17H,5-14H2,1-4H3;1H3,(H,3,4). The lowest BCUT2D eigenvalue weighted by Gasteiger charge is -2.19. The van der Waals surface area contributed by atoms with Gasteiger partial charge in [0, 0.05) is 6.92 Å². The molecule has 0 aromatic carbocycles. The number of carboxylic acid groups (broad SMARTS) is 1. The molecule has 0 aliphatic rings. The minimum atomic E-state index is -0.833. The summed E-state index contributed by atoms with van der Waals surface area (Å²) in [4.78, 5) is 9.00. The highest BCUT2D eigenvalue weighted by atomic mass is 16.4. The average molecular weight is 302 g/mol. The Kier molecular flexibility index (Phi) is 18.9. The van der Waals surface area contributed by atoms with E-state index in [2.05, 4.69) is 33.0 Å². The highest BCUT2D eigenvalue weighted by Gasteiger charge is 2.08. The Balaban J connectivity index is 0. The quantitative estimate of drug-likeness (QED) is 0.527. The number of hydrogen-bond acceptors (Lipinski definition) is 2. The topological polar surface area (TPSA) is 49.3 Å². The van der Waals surface area contributed by atoms with Gasteiger partial charge in [-0.3, -0.25) is 4.79 Å². The summed E-state index contributed by atoms with van der Waals surface area (Å²) in [5, 5.41) is 11.1. The predicted octanol–water partition coefficient (Wildman–Crippen LogP) is 5.10. The first-order valence-electron chi connectivity index (χ1n) is 8.91. The van der Waals surface area contributed by atoms with Crippen LogP contribution in [0, 0.1) is 11.8 Å². The summed E-state index contributed by atoms with van der Waals surface area (Å²) < 4.78 is 0. The van der Waals surface area contributed by atoms with Crippen molar-refractivity contribution in [3.05, 3.63) is 0 Å². The molecule has 128 valence electrons. The molecule has 0 heterocycles. The summed E-state index contributed by atoms with van der Waals surface area (Å²) >= 11 is 0. The molecule has 0 fully saturated rings. The van der Waals surface area contributed by atoms with E-state index in [-0.39, 0.29) is 0 Å². The minimum Gasteiger partial charge on any atom is -0.481 e. The van der Waals surface area contributed by atoms with Crippen LogP contribution in [0.25, 0.3) is 0 Å². The molecule has 0 aromatic rings. The number of carboxylic acids is 1. The minimum absolute atomic E-state index is 0.833. The van der Waals surface area contributed by atoms with Gasteiger partial charge in [-0.2, -0.15) is 0 Å². The molecule has 0 spiro atoms. The highest BCUT2D eigenvalue weighted by Crippen LogP contribution is 2.13. The molecule has 0 bridgehead atoms. The summed E-state index contributed by atoms with van der Waals surface area (Å²) in [5.74, 6) is 0.970. The third kappa shape index (κ3) is 19.4. The maximum atomic E-state index is 9.00. The number of nitrogens with one attached hydrogen (secondary N) is 1. The predicted molar refractivity (Wildman–Crippen MR) is 92.8 cm³/mol. The van der Waals surface area contributed by atoms with Crippen LogP contribution in [0.1, 0.15) is 86.0 Å². The first-order valence-corrected chi connectivity index (χ1v) is 8.91. The van der Waals surface area contributed by atoms with Crippen LogP contribution < -0.4 is 5.32 Å². The molecule has 0 saturated carbocycles. The summed E-state index contributed by atoms with van der Waals surface area (Å²) in [7, 11) is 0. The van der Waals surface area contributed by atoms with E-state index >= 15 is 0 Å². The highest BCUT2D eigenvalue weighted by molar-refractivity contribution is 5.62. The van der Waals surface area contributed by atoms with E-state index in [1.807, 2.05) is 0 Å². The first-order chi connectivity index (χ1) is 10.0. The Hall–Kier alpha value is -0.570. The van der Waals surface area contributed by atoms with Crippen LogP contribution in [0.5, 0.6) is 0 Å². The van der Waals surface area contributed by atoms with Crippen molar-refractivity contribution in [3.8, 4) is 0 Å². The second-order valence-electron chi connectivity index (χ2n) is 6.01. The Labute approximate surface area is 132 Å². The maximum absolute atomic E-state index is 9.00. The van der Waals surface area contributed by atoms with Gasteiger partial charge in [0.15, 0.2) is 0 Å². The van der Waals surface area contributed by atoms with Crippen LogP contribution in [0.15, 0.2) is 0 Å². The van der Waals surface area contributed by atoms with Crippen LogP contribution in [-0.2, 0) is 4.79 Å². The van der Waals surface area contributed by atoms with E-state index < -0.39 is 5.97 Å². The fourth-order valence-corrected chi connectivity index (χ4v) is 2.38. The lowest BCUT2D eigenvalue weighted by atomic mass is 9.97. The van der Waals surface area contributed by atoms with Crippen LogP contribution in [0.3, 0.4) is 0 Å². The number of hydrogen-bond donors (Lipinski definition) is 2. The fraction of sp³-hybridized carbons (Fsp3) is 0.944. The number of unbranched alkanes of at least 4 members (excludes halogenated alkanes) is 2. The average Bonchev–Trinajstić information content (AvgIpc) is 2.45. The molecule has 0 aliphatic heterocycles. The molecule has 0 saturated heterocycles. The number of rotatable bonds is 12. The molecule has 0 aromatic heterocycles. The van der Waals surface area contributed by atoms with Gasteiger partial charge in [-0.05, 0) is 37.8 Å². The van der Waals surface area contributed by atoms with Crippen molar-refractivity contribution >= 4 is 5.97 Å². The van der Waals surface area contributed by atoms with Gasteiger partial charge in [0.2, 0.25) is 0 Å². The van der Waals surface area contributed by atoms with Crippen LogP contribution in [0.4, 0.5) is 0 Å². The third-order valence-electron chi connectivity index (χ3n) is 3.95. The lowest BCUT2D eigenvalue weighted by molar-refractivity contribution is -0.134. The molecule has 0 aliphatic carbocycles. The molecular formula is C18H39NO2. The molecule has 0 rings (SSSR count). The normalized spacial score (nSPS) is 13.2. The molecule has 0 radical (unpaired) electrons. The lowest BCUT2D eigenvalue weighted by Crippen LogP contribution is -2.28. The number of carbonyl (C=O) groups is 1. The first kappa shape index (κ1) is 22.7. The van der Waals surface area contributed by atoms with E-state index in [0.717, 1.165) is 18.8 Å². The van der Waals surface area contributed by atoms with Crippen LogP contribution in [-0.4, -0.2) is 24.2 Å². The van der Waals surface area contributed by atoms with Crippen LogP contribution in [0.2, 0.25) is 0 Å². The molecule has 2 atom stereocenters. The zero-order valence-corrected chi connectivity index (χ0v) is 15.1. The molecule has 0 amide bonds. The van der Waals surface area contributed by atoms with Gasteiger partial charge in [0.1, 0.15) is 0 Å². The van der Waals surface area contributed by atoms with Gasteiger partial charge < -0.3 is 10.4 Å². The fourth-order valence-electron chi connectivity index (χ4n) is 2.38. The van der Waals surface area contributed by atoms with Gasteiger partial charge in [0.05, 0.1) is 0 Å². The van der Waals surface area contributed by atoms with Crippen molar-refractivity contribution in [1.82, 2.24) is 5.32 Å². The molecule has 2 N–H and O–H groups in total. The third-order valence-corrected chi connectivity index (χ3v) is 3.95. The Morgan fingerprint density at radius 2 is 1.24 bits per heavy atom. The van der Waals surface area contributed by atoms with Crippen molar-refractivity contribution < 1.29 is 9.90 Å². The van der Waals surface area contributed by atoms with Crippen molar-refractivity contribution in [2.24, 2.45) is 11.8 Å². The summed E-state index contributed by atoms with van der Waals surface area (Å²) in [6.45, 7) is 12.8. The van der Waals surface area contributed by atoms with Gasteiger partial charge in [0.25, 0.3) is 5.97 Å². The van der Waals surface area contributed by atoms with E-state index in [0.29, 0.717) is 0 Å². The van der Waals surface area contributed by atoms with Crippen molar-refractivity contribution in [1.29, 1.82) is 0 Å². The smallest absolute Gasteiger partial charge is 0.300 e. The monoisotopic (exact) mass is 301 g/mol. The second kappa shape index (κ2) is 17.5. The molecule has 21 heavy (non-hydrogen) atoms. The van der Waals surface area contributed by atoms with Gasteiger partial charge >= 0.3 is 0 Å². The summed E-state index contributed by atoms with van der Waals surface area (Å²) in [5.41, 5.74) is 0. The molecule has 3 nitrogen and oxygen atoms in total. The molecule has 2 unspecified atom stereocenters. The van der Waals surface area contributed by atoms with Crippen molar-refractivity contribution in [2.75, 3.05) is 13.1 Å². The molecule has 3 heteroatoms. The summed E-state index contributed by atoms with van der Waals surface area (Å²) in [6.07, 6.45) is 10.9. The number of aliphatic carboxylic acids is 1. The zero-order chi connectivity index (χ0) is 16.5. The van der Waals surface area contributed by atoms with E-state index in [1.54, 1.807) is 0 Å². The Bertz CT molecular complexity index is 199. The van der Waals surface area contributed by atoms with Crippen molar-refractivity contribution in [3.63, 3.8) is 0 Å². The Morgan fingerprint density at radius 3 is 1.48 bits per heavy atom. The molecular weight excluding hydrogens is 262 g/mol. The SMILES string of the molecule is CC(=O)O.CCCCC(CC)CNCC(CC)CCCC. The van der Waals surface area contributed by atoms with Gasteiger partial charge in [-0.25, -0.2) is 0 Å². The van der Waals surface area contributed by atoms with E-state index in [9.17, 15) is 0 Å². The van der Waals surface area contributed by atoms with E-state index in [1.165, 1.54) is 64.5 Å². The Morgan fingerprint density at radius 1 is 0.905 bits per heavy atom. The van der Waals surface area contributed by atoms with Crippen LogP contribution >= 0.6 is 0 Å². The van der Waals surface area contributed by atoms with E-state index in [4.69, 9.17) is 9.90 Å². The largest absolute Gasteiger partial charge is 0.481 e. The maximum Gasteiger partial charge on any atom is 0.300 e.